The largest absolute Gasteiger partial charge is 0.398 e. The molecule has 0 amide bonds. The molecule has 0 aliphatic rings. The molecule has 2 heterocycles. The maximum absolute atomic E-state index is 5.90. The van der Waals surface area contributed by atoms with Crippen molar-refractivity contribution in [3.63, 3.8) is 0 Å². The van der Waals surface area contributed by atoms with Gasteiger partial charge < -0.3 is 5.73 Å². The number of nitrogens with two attached hydrogens (primary N) is 1. The third kappa shape index (κ3) is 1.22. The molecule has 0 spiro atoms. The van der Waals surface area contributed by atoms with Gasteiger partial charge in [-0.15, -0.1) is 10.2 Å². The summed E-state index contributed by atoms with van der Waals surface area (Å²) in [7, 11) is 0. The van der Waals surface area contributed by atoms with E-state index in [0.717, 1.165) is 11.2 Å². The minimum Gasteiger partial charge on any atom is -0.398 e. The van der Waals surface area contributed by atoms with Gasteiger partial charge in [-0.25, -0.2) is 4.98 Å². The Morgan fingerprint density at radius 3 is 2.81 bits per heavy atom. The Labute approximate surface area is 91.6 Å². The zero-order chi connectivity index (χ0) is 11.0. The van der Waals surface area contributed by atoms with Gasteiger partial charge in [0.1, 0.15) is 6.33 Å². The molecule has 5 nitrogen and oxygen atoms in total. The standard InChI is InChI=1S/C11H9N5/c12-9-4-2-1-3-8(9)11-15-14-10-5-6-13-7-16(10)11/h1-7H,12H2. The van der Waals surface area contributed by atoms with Crippen LogP contribution in [0, 0.1) is 0 Å². The summed E-state index contributed by atoms with van der Waals surface area (Å²) in [5.74, 6) is 0.709. The minimum atomic E-state index is 0.681. The van der Waals surface area contributed by atoms with E-state index in [2.05, 4.69) is 15.2 Å². The topological polar surface area (TPSA) is 69.1 Å². The second-order valence-corrected chi connectivity index (χ2v) is 3.42. The first-order valence-electron chi connectivity index (χ1n) is 4.86. The summed E-state index contributed by atoms with van der Waals surface area (Å²) in [5.41, 5.74) is 8.20. The van der Waals surface area contributed by atoms with E-state index >= 15 is 0 Å². The monoisotopic (exact) mass is 211 g/mol. The summed E-state index contributed by atoms with van der Waals surface area (Å²) in [6, 6.07) is 9.37. The Kier molecular flexibility index (Phi) is 1.83. The molecular weight excluding hydrogens is 202 g/mol. The van der Waals surface area contributed by atoms with Crippen LogP contribution in [-0.4, -0.2) is 19.6 Å². The lowest BCUT2D eigenvalue weighted by Gasteiger charge is -2.02. The highest BCUT2D eigenvalue weighted by atomic mass is 15.3. The van der Waals surface area contributed by atoms with Gasteiger partial charge >= 0.3 is 0 Å². The number of para-hydroxylation sites is 1. The normalized spacial score (nSPS) is 10.8. The Hall–Kier alpha value is -2.43. The Bertz CT molecular complexity index is 643. The molecule has 16 heavy (non-hydrogen) atoms. The van der Waals surface area contributed by atoms with Gasteiger partial charge in [-0.2, -0.15) is 0 Å². The number of rotatable bonds is 1. The van der Waals surface area contributed by atoms with E-state index in [1.807, 2.05) is 28.7 Å². The van der Waals surface area contributed by atoms with Crippen molar-refractivity contribution in [3.05, 3.63) is 42.9 Å². The van der Waals surface area contributed by atoms with Gasteiger partial charge in [-0.05, 0) is 12.1 Å². The van der Waals surface area contributed by atoms with Gasteiger partial charge in [0.25, 0.3) is 0 Å². The number of hydrogen-bond acceptors (Lipinski definition) is 4. The van der Waals surface area contributed by atoms with E-state index in [1.54, 1.807) is 18.6 Å². The van der Waals surface area contributed by atoms with Crippen molar-refractivity contribution >= 4 is 11.3 Å². The van der Waals surface area contributed by atoms with Crippen LogP contribution in [-0.2, 0) is 0 Å². The average Bonchev–Trinajstić information content (AvgIpc) is 2.74. The Morgan fingerprint density at radius 2 is 1.94 bits per heavy atom. The number of fused-ring (bicyclic) bond motifs is 1. The molecular formula is C11H9N5. The second kappa shape index (κ2) is 3.30. The van der Waals surface area contributed by atoms with E-state index in [4.69, 9.17) is 5.73 Å². The maximum Gasteiger partial charge on any atom is 0.171 e. The molecule has 0 saturated heterocycles. The molecule has 2 N–H and O–H groups in total. The van der Waals surface area contributed by atoms with Crippen LogP contribution in [0.4, 0.5) is 5.69 Å². The van der Waals surface area contributed by atoms with Crippen molar-refractivity contribution < 1.29 is 0 Å². The molecule has 0 radical (unpaired) electrons. The van der Waals surface area contributed by atoms with Crippen LogP contribution in [0.5, 0.6) is 0 Å². The van der Waals surface area contributed by atoms with E-state index < -0.39 is 0 Å². The Morgan fingerprint density at radius 1 is 1.06 bits per heavy atom. The number of aromatic nitrogens is 4. The molecule has 0 aliphatic carbocycles. The SMILES string of the molecule is Nc1ccccc1-c1nnc2ccncn12. The number of anilines is 1. The Balaban J connectivity index is 2.31. The second-order valence-electron chi connectivity index (χ2n) is 3.42. The van der Waals surface area contributed by atoms with E-state index in [9.17, 15) is 0 Å². The predicted octanol–water partition coefficient (Wildman–Crippen LogP) is 1.37. The number of benzene rings is 1. The molecule has 2 aromatic heterocycles. The van der Waals surface area contributed by atoms with E-state index in [1.165, 1.54) is 0 Å². The molecule has 0 bridgehead atoms. The fourth-order valence-corrected chi connectivity index (χ4v) is 1.63. The molecule has 1 aromatic carbocycles. The summed E-state index contributed by atoms with van der Waals surface area (Å²) in [4.78, 5) is 4.04. The fraction of sp³-hybridized carbons (Fsp3) is 0. The molecule has 0 aliphatic heterocycles. The van der Waals surface area contributed by atoms with Crippen LogP contribution >= 0.6 is 0 Å². The molecule has 78 valence electrons. The van der Waals surface area contributed by atoms with Crippen molar-refractivity contribution in [1.82, 2.24) is 19.6 Å². The molecule has 0 fully saturated rings. The van der Waals surface area contributed by atoms with Gasteiger partial charge in [0.2, 0.25) is 0 Å². The van der Waals surface area contributed by atoms with Crippen LogP contribution in [0.25, 0.3) is 17.0 Å². The third-order valence-corrected chi connectivity index (χ3v) is 2.42. The van der Waals surface area contributed by atoms with Crippen molar-refractivity contribution in [2.45, 2.75) is 0 Å². The highest BCUT2D eigenvalue weighted by Gasteiger charge is 2.09. The van der Waals surface area contributed by atoms with Crippen LogP contribution in [0.1, 0.15) is 0 Å². The lowest BCUT2D eigenvalue weighted by Crippen LogP contribution is -1.94. The zero-order valence-electron chi connectivity index (χ0n) is 8.41. The van der Waals surface area contributed by atoms with E-state index in [-0.39, 0.29) is 0 Å². The number of nitrogens with zero attached hydrogens (tertiary/aromatic N) is 4. The van der Waals surface area contributed by atoms with Crippen molar-refractivity contribution in [2.24, 2.45) is 0 Å². The maximum atomic E-state index is 5.90. The molecule has 0 saturated carbocycles. The summed E-state index contributed by atoms with van der Waals surface area (Å²) >= 11 is 0. The summed E-state index contributed by atoms with van der Waals surface area (Å²) in [6.45, 7) is 0. The predicted molar refractivity (Wildman–Crippen MR) is 60.6 cm³/mol. The average molecular weight is 211 g/mol. The summed E-state index contributed by atoms with van der Waals surface area (Å²) in [6.07, 6.45) is 3.36. The molecule has 3 aromatic rings. The van der Waals surface area contributed by atoms with Crippen LogP contribution in [0.15, 0.2) is 42.9 Å². The quantitative estimate of drug-likeness (QED) is 0.617. The number of hydrogen-bond donors (Lipinski definition) is 1. The van der Waals surface area contributed by atoms with Crippen molar-refractivity contribution in [2.75, 3.05) is 5.73 Å². The van der Waals surface area contributed by atoms with Crippen LogP contribution < -0.4 is 5.73 Å². The first-order valence-corrected chi connectivity index (χ1v) is 4.86. The van der Waals surface area contributed by atoms with Gasteiger partial charge in [0, 0.05) is 23.5 Å². The zero-order valence-corrected chi connectivity index (χ0v) is 8.41. The number of nitrogen functional groups attached to an aromatic ring is 1. The van der Waals surface area contributed by atoms with Gasteiger partial charge in [-0.3, -0.25) is 4.40 Å². The minimum absolute atomic E-state index is 0.681. The lowest BCUT2D eigenvalue weighted by molar-refractivity contribution is 1.08. The van der Waals surface area contributed by atoms with Crippen LogP contribution in [0.2, 0.25) is 0 Å². The molecule has 5 heteroatoms. The lowest BCUT2D eigenvalue weighted by atomic mass is 10.2. The highest BCUT2D eigenvalue weighted by molar-refractivity contribution is 5.72. The van der Waals surface area contributed by atoms with Crippen LogP contribution in [0.3, 0.4) is 0 Å². The van der Waals surface area contributed by atoms with Crippen molar-refractivity contribution in [1.29, 1.82) is 0 Å². The molecule has 0 unspecified atom stereocenters. The molecule has 0 atom stereocenters. The van der Waals surface area contributed by atoms with E-state index in [0.29, 0.717) is 11.5 Å². The van der Waals surface area contributed by atoms with Crippen molar-refractivity contribution in [3.8, 4) is 11.4 Å². The smallest absolute Gasteiger partial charge is 0.171 e. The summed E-state index contributed by atoms with van der Waals surface area (Å²) in [5, 5.41) is 8.17. The van der Waals surface area contributed by atoms with Gasteiger partial charge in [0.05, 0.1) is 0 Å². The first kappa shape index (κ1) is 8.84. The molecule has 3 rings (SSSR count). The van der Waals surface area contributed by atoms with Gasteiger partial charge in [-0.1, -0.05) is 12.1 Å². The first-order chi connectivity index (χ1) is 7.86. The fourth-order valence-electron chi connectivity index (χ4n) is 1.63. The summed E-state index contributed by atoms with van der Waals surface area (Å²) < 4.78 is 1.81. The van der Waals surface area contributed by atoms with Gasteiger partial charge in [0.15, 0.2) is 11.5 Å². The third-order valence-electron chi connectivity index (χ3n) is 2.42. The highest BCUT2D eigenvalue weighted by Crippen LogP contribution is 2.23.